The Morgan fingerprint density at radius 3 is 2.35 bits per heavy atom. The highest BCUT2D eigenvalue weighted by atomic mass is 32.2. The van der Waals surface area contributed by atoms with E-state index in [-0.39, 0.29) is 24.9 Å². The topological polar surface area (TPSA) is 103 Å². The first-order chi connectivity index (χ1) is 17.3. The summed E-state index contributed by atoms with van der Waals surface area (Å²) in [7, 11) is -3.64. The van der Waals surface area contributed by atoms with Gasteiger partial charge in [-0.2, -0.15) is 18.4 Å². The van der Waals surface area contributed by atoms with Gasteiger partial charge in [0.25, 0.3) is 0 Å². The van der Waals surface area contributed by atoms with E-state index in [4.69, 9.17) is 4.74 Å². The number of methoxy groups -OCH3 is 1. The van der Waals surface area contributed by atoms with Crippen molar-refractivity contribution in [3.8, 4) is 6.07 Å². The van der Waals surface area contributed by atoms with Crippen LogP contribution in [0.15, 0.2) is 23.1 Å². The number of nitrogens with one attached hydrogen (secondary N) is 1. The van der Waals surface area contributed by atoms with Crippen LogP contribution in [0.5, 0.6) is 0 Å². The number of amides is 1. The van der Waals surface area contributed by atoms with Crippen LogP contribution in [0.2, 0.25) is 0 Å². The van der Waals surface area contributed by atoms with Crippen LogP contribution in [-0.4, -0.2) is 74.9 Å². The van der Waals surface area contributed by atoms with E-state index >= 15 is 0 Å². The molecule has 2 saturated carbocycles. The summed E-state index contributed by atoms with van der Waals surface area (Å²) in [6, 6.07) is 5.53. The molecule has 1 aromatic rings. The number of sulfone groups is 1. The molecule has 1 heterocycles. The van der Waals surface area contributed by atoms with E-state index in [1.54, 1.807) is 0 Å². The van der Waals surface area contributed by atoms with Gasteiger partial charge in [-0.15, -0.1) is 0 Å². The molecular formula is C25H33F3N4O4S. The lowest BCUT2D eigenvalue weighted by atomic mass is 10.0. The number of carbonyl (C=O) groups excluding carboxylic acids is 1. The number of rotatable bonds is 7. The Morgan fingerprint density at radius 1 is 1.19 bits per heavy atom. The number of carbonyl (C=O) groups is 1. The van der Waals surface area contributed by atoms with Gasteiger partial charge < -0.3 is 15.0 Å². The number of halogens is 3. The lowest BCUT2D eigenvalue weighted by Gasteiger charge is -2.38. The molecule has 1 N–H and O–H groups in total. The van der Waals surface area contributed by atoms with Crippen LogP contribution < -0.4 is 10.2 Å². The third-order valence-electron chi connectivity index (χ3n) is 7.97. The number of alkyl halides is 3. The van der Waals surface area contributed by atoms with Gasteiger partial charge >= 0.3 is 6.18 Å². The third kappa shape index (κ3) is 4.81. The maximum Gasteiger partial charge on any atom is 0.417 e. The molecule has 8 nitrogen and oxygen atoms in total. The number of ether oxygens (including phenoxy) is 1. The van der Waals surface area contributed by atoms with Crippen LogP contribution in [0, 0.1) is 11.3 Å². The Bertz CT molecular complexity index is 1190. The number of nitriles is 1. The highest BCUT2D eigenvalue weighted by Crippen LogP contribution is 2.47. The zero-order valence-corrected chi connectivity index (χ0v) is 22.1. The lowest BCUT2D eigenvalue weighted by molar-refractivity contribution is -0.140. The van der Waals surface area contributed by atoms with Crippen molar-refractivity contribution in [2.24, 2.45) is 0 Å². The van der Waals surface area contributed by atoms with E-state index in [1.807, 2.05) is 11.0 Å². The maximum absolute atomic E-state index is 14.4. The van der Waals surface area contributed by atoms with Crippen molar-refractivity contribution in [1.82, 2.24) is 10.2 Å². The molecule has 1 saturated heterocycles. The first-order valence-electron chi connectivity index (χ1n) is 12.5. The summed E-state index contributed by atoms with van der Waals surface area (Å²) in [5, 5.41) is 11.9. The Labute approximate surface area is 215 Å². The number of piperazine rings is 1. The minimum Gasteiger partial charge on any atom is -0.379 e. The van der Waals surface area contributed by atoms with E-state index < -0.39 is 48.8 Å². The standard InChI is InChI=1S/C25H33F3N4O4S/c1-17(2)31-11-13-32(14-12-31)18-6-7-20(19(15-18)25(26,27)28)37(34,35)24(8-4-5-21(24)36-3)22(33)30-23(16-29)9-10-23/h6-7,15,17,21H,4-5,8-14H2,1-3H3,(H,30,33). The molecule has 1 amide bonds. The second kappa shape index (κ2) is 9.75. The van der Waals surface area contributed by atoms with Crippen LogP contribution in [0.4, 0.5) is 18.9 Å². The molecule has 3 aliphatic rings. The van der Waals surface area contributed by atoms with Crippen molar-refractivity contribution >= 4 is 21.4 Å². The molecule has 2 atom stereocenters. The molecule has 0 aromatic heterocycles. The van der Waals surface area contributed by atoms with Crippen LogP contribution in [0.3, 0.4) is 0 Å². The molecule has 0 radical (unpaired) electrons. The van der Waals surface area contributed by atoms with Crippen molar-refractivity contribution in [2.45, 2.75) is 79.5 Å². The summed E-state index contributed by atoms with van der Waals surface area (Å²) in [5.74, 6) is -0.974. The number of hydrogen-bond acceptors (Lipinski definition) is 7. The monoisotopic (exact) mass is 542 g/mol. The molecular weight excluding hydrogens is 509 g/mol. The van der Waals surface area contributed by atoms with Crippen LogP contribution >= 0.6 is 0 Å². The number of hydrogen-bond donors (Lipinski definition) is 1. The van der Waals surface area contributed by atoms with Gasteiger partial charge in [-0.3, -0.25) is 9.69 Å². The highest BCUT2D eigenvalue weighted by Gasteiger charge is 2.63. The minimum absolute atomic E-state index is 0.197. The van der Waals surface area contributed by atoms with Gasteiger partial charge in [0, 0.05) is 45.0 Å². The number of benzene rings is 1. The summed E-state index contributed by atoms with van der Waals surface area (Å²) >= 11 is 0. The molecule has 37 heavy (non-hydrogen) atoms. The molecule has 12 heteroatoms. The van der Waals surface area contributed by atoms with Crippen molar-refractivity contribution in [2.75, 3.05) is 38.2 Å². The Balaban J connectivity index is 1.76. The molecule has 2 aliphatic carbocycles. The molecule has 4 rings (SSSR count). The average Bonchev–Trinajstić information content (AvgIpc) is 3.48. The largest absolute Gasteiger partial charge is 0.417 e. The Hall–Kier alpha value is -2.36. The van der Waals surface area contributed by atoms with E-state index in [2.05, 4.69) is 24.1 Å². The average molecular weight is 543 g/mol. The Kier molecular flexibility index (Phi) is 7.29. The van der Waals surface area contributed by atoms with Gasteiger partial charge in [-0.1, -0.05) is 0 Å². The number of anilines is 1. The first kappa shape index (κ1) is 27.7. The molecule has 1 aliphatic heterocycles. The van der Waals surface area contributed by atoms with Crippen molar-refractivity contribution in [1.29, 1.82) is 5.26 Å². The quantitative estimate of drug-likeness (QED) is 0.565. The molecule has 1 aromatic carbocycles. The normalized spacial score (nSPS) is 26.2. The van der Waals surface area contributed by atoms with E-state index in [0.717, 1.165) is 12.1 Å². The van der Waals surface area contributed by atoms with Crippen LogP contribution in [0.25, 0.3) is 0 Å². The fourth-order valence-electron chi connectivity index (χ4n) is 5.52. The van der Waals surface area contributed by atoms with Crippen molar-refractivity contribution in [3.05, 3.63) is 23.8 Å². The molecule has 0 bridgehead atoms. The number of nitrogens with zero attached hydrogens (tertiary/aromatic N) is 3. The second-order valence-electron chi connectivity index (χ2n) is 10.5. The van der Waals surface area contributed by atoms with Gasteiger partial charge in [0.2, 0.25) is 5.91 Å². The van der Waals surface area contributed by atoms with E-state index in [0.29, 0.717) is 45.1 Å². The van der Waals surface area contributed by atoms with Crippen molar-refractivity contribution < 1.29 is 31.1 Å². The van der Waals surface area contributed by atoms with Crippen LogP contribution in [-0.2, 0) is 25.5 Å². The van der Waals surface area contributed by atoms with Gasteiger partial charge in [0.1, 0.15) is 5.54 Å². The molecule has 0 spiro atoms. The third-order valence-corrected chi connectivity index (χ3v) is 10.5. The summed E-state index contributed by atoms with van der Waals surface area (Å²) in [6.45, 7) is 6.49. The zero-order chi connectivity index (χ0) is 27.2. The van der Waals surface area contributed by atoms with Gasteiger partial charge in [0.15, 0.2) is 14.6 Å². The predicted molar refractivity (Wildman–Crippen MR) is 131 cm³/mol. The van der Waals surface area contributed by atoms with Crippen LogP contribution in [0.1, 0.15) is 51.5 Å². The fourth-order valence-corrected chi connectivity index (χ4v) is 7.89. The summed E-state index contributed by atoms with van der Waals surface area (Å²) in [6.07, 6.45) is -5.12. The van der Waals surface area contributed by atoms with Gasteiger partial charge in [-0.25, -0.2) is 8.42 Å². The molecule has 2 unspecified atom stereocenters. The smallest absolute Gasteiger partial charge is 0.379 e. The first-order valence-corrected chi connectivity index (χ1v) is 14.0. The predicted octanol–water partition coefficient (Wildman–Crippen LogP) is 3.12. The summed E-state index contributed by atoms with van der Waals surface area (Å²) in [5.41, 5.74) is -2.20. The maximum atomic E-state index is 14.4. The summed E-state index contributed by atoms with van der Waals surface area (Å²) < 4.78 is 74.4. The van der Waals surface area contributed by atoms with Gasteiger partial charge in [0.05, 0.1) is 22.6 Å². The highest BCUT2D eigenvalue weighted by molar-refractivity contribution is 7.93. The second-order valence-corrected chi connectivity index (χ2v) is 12.6. The van der Waals surface area contributed by atoms with Crippen molar-refractivity contribution in [3.63, 3.8) is 0 Å². The summed E-state index contributed by atoms with van der Waals surface area (Å²) in [4.78, 5) is 16.6. The Morgan fingerprint density at radius 2 is 1.84 bits per heavy atom. The lowest BCUT2D eigenvalue weighted by Crippen LogP contribution is -2.60. The molecule has 204 valence electrons. The minimum atomic E-state index is -4.97. The zero-order valence-electron chi connectivity index (χ0n) is 21.3. The van der Waals surface area contributed by atoms with E-state index in [9.17, 15) is 31.6 Å². The van der Waals surface area contributed by atoms with Gasteiger partial charge in [-0.05, 0) is 64.2 Å². The molecule has 3 fully saturated rings. The fraction of sp³-hybridized carbons (Fsp3) is 0.680. The SMILES string of the molecule is COC1CCCC1(C(=O)NC1(C#N)CC1)S(=O)(=O)c1ccc(N2CCN(C(C)C)CC2)cc1C(F)(F)F. The van der Waals surface area contributed by atoms with E-state index in [1.165, 1.54) is 13.2 Å².